The van der Waals surface area contributed by atoms with Gasteiger partial charge in [-0.3, -0.25) is 14.9 Å². The highest BCUT2D eigenvalue weighted by atomic mass is 35.5. The highest BCUT2D eigenvalue weighted by Gasteiger charge is 2.19. The van der Waals surface area contributed by atoms with E-state index in [1.807, 2.05) is 24.3 Å². The summed E-state index contributed by atoms with van der Waals surface area (Å²) in [6.07, 6.45) is 1.54. The molecule has 4 rings (SSSR count). The first kappa shape index (κ1) is 19.9. The molecule has 30 heavy (non-hydrogen) atoms. The Labute approximate surface area is 180 Å². The van der Waals surface area contributed by atoms with E-state index in [2.05, 4.69) is 5.10 Å². The molecular weight excluding hydrogens is 431 g/mol. The van der Waals surface area contributed by atoms with Crippen LogP contribution in [0.1, 0.15) is 5.56 Å². The van der Waals surface area contributed by atoms with E-state index in [1.54, 1.807) is 17.7 Å². The normalized spacial score (nSPS) is 11.0. The predicted molar refractivity (Wildman–Crippen MR) is 114 cm³/mol. The molecule has 0 aliphatic carbocycles. The number of fused-ring (bicyclic) bond motifs is 1. The smallest absolute Gasteiger partial charge is 0.272 e. The van der Waals surface area contributed by atoms with Gasteiger partial charge in [-0.2, -0.15) is 5.10 Å². The molecule has 0 saturated carbocycles. The summed E-state index contributed by atoms with van der Waals surface area (Å²) in [5.74, 6) is 0.722. The molecule has 0 aliphatic rings. The Hall–Kier alpha value is -3.36. The fraction of sp³-hybridized carbons (Fsp3) is 0.100. The lowest BCUT2D eigenvalue weighted by Crippen LogP contribution is -2.19. The van der Waals surface area contributed by atoms with Gasteiger partial charge in [0.15, 0.2) is 0 Å². The van der Waals surface area contributed by atoms with Crippen LogP contribution in [0.3, 0.4) is 0 Å². The molecule has 0 spiro atoms. The fourth-order valence-electron chi connectivity index (χ4n) is 3.19. The minimum Gasteiger partial charge on any atom is -0.497 e. The summed E-state index contributed by atoms with van der Waals surface area (Å²) in [6.45, 7) is 0.327. The van der Waals surface area contributed by atoms with Crippen LogP contribution in [0.15, 0.2) is 59.5 Å². The molecule has 2 aromatic heterocycles. The van der Waals surface area contributed by atoms with Crippen molar-refractivity contribution in [1.29, 1.82) is 0 Å². The van der Waals surface area contributed by atoms with Crippen LogP contribution in [-0.2, 0) is 6.54 Å². The molecule has 0 bridgehead atoms. The van der Waals surface area contributed by atoms with Crippen LogP contribution in [0.25, 0.3) is 16.7 Å². The summed E-state index contributed by atoms with van der Waals surface area (Å²) in [5, 5.41) is 15.5. The van der Waals surface area contributed by atoms with E-state index < -0.39 is 4.92 Å². The fourth-order valence-corrected chi connectivity index (χ4v) is 3.82. The maximum Gasteiger partial charge on any atom is 0.272 e. The van der Waals surface area contributed by atoms with Crippen LogP contribution >= 0.6 is 23.2 Å². The number of rotatable bonds is 5. The number of halogens is 2. The number of non-ortho nitro benzene ring substituents is 1. The van der Waals surface area contributed by atoms with Gasteiger partial charge in [-0.05, 0) is 23.8 Å². The van der Waals surface area contributed by atoms with Crippen LogP contribution in [0.4, 0.5) is 5.69 Å². The number of nitro groups is 1. The summed E-state index contributed by atoms with van der Waals surface area (Å²) in [6, 6.07) is 12.9. The van der Waals surface area contributed by atoms with Crippen molar-refractivity contribution < 1.29 is 9.66 Å². The van der Waals surface area contributed by atoms with Crippen LogP contribution < -0.4 is 10.3 Å². The molecule has 0 N–H and O–H groups in total. The number of aromatic nitrogens is 3. The number of pyridine rings is 1. The molecule has 2 aromatic carbocycles. The Bertz CT molecular complexity index is 1310. The number of nitrogens with zero attached hydrogens (tertiary/aromatic N) is 4. The Kier molecular flexibility index (Phi) is 5.19. The largest absolute Gasteiger partial charge is 0.497 e. The van der Waals surface area contributed by atoms with Crippen molar-refractivity contribution in [3.05, 3.63) is 90.8 Å². The lowest BCUT2D eigenvalue weighted by Gasteiger charge is -2.11. The zero-order valence-electron chi connectivity index (χ0n) is 15.6. The van der Waals surface area contributed by atoms with Gasteiger partial charge in [-0.1, -0.05) is 35.3 Å². The Morgan fingerprint density at radius 1 is 1.07 bits per heavy atom. The average molecular weight is 445 g/mol. The van der Waals surface area contributed by atoms with E-state index in [-0.39, 0.29) is 21.3 Å². The lowest BCUT2D eigenvalue weighted by molar-refractivity contribution is -0.384. The van der Waals surface area contributed by atoms with Crippen molar-refractivity contribution in [2.24, 2.45) is 0 Å². The Morgan fingerprint density at radius 2 is 1.73 bits per heavy atom. The Morgan fingerprint density at radius 3 is 2.33 bits per heavy atom. The molecule has 0 fully saturated rings. The number of hydrogen-bond donors (Lipinski definition) is 0. The molecule has 10 heteroatoms. The van der Waals surface area contributed by atoms with Gasteiger partial charge in [-0.15, -0.1) is 0 Å². The standard InChI is InChI=1S/C20H14Cl2N4O4/c1-30-14-4-2-12(3-5-14)11-24-18-10-23-25(17(18)6-7-19(24)27)20-15(21)8-13(26(28)29)9-16(20)22/h2-10H,11H2,1H3. The molecular formula is C20H14Cl2N4O4. The van der Waals surface area contributed by atoms with Crippen LogP contribution in [0.2, 0.25) is 10.0 Å². The van der Waals surface area contributed by atoms with Crippen molar-refractivity contribution in [2.45, 2.75) is 6.54 Å². The maximum absolute atomic E-state index is 12.5. The third-order valence-corrected chi connectivity index (χ3v) is 5.23. The number of ether oxygens (including phenoxy) is 1. The first-order chi connectivity index (χ1) is 14.4. The van der Waals surface area contributed by atoms with Crippen molar-refractivity contribution in [1.82, 2.24) is 14.3 Å². The molecule has 0 unspecified atom stereocenters. The molecule has 152 valence electrons. The monoisotopic (exact) mass is 444 g/mol. The molecule has 2 heterocycles. The zero-order valence-corrected chi connectivity index (χ0v) is 17.1. The third kappa shape index (κ3) is 3.51. The van der Waals surface area contributed by atoms with E-state index in [0.717, 1.165) is 11.3 Å². The minimum absolute atomic E-state index is 0.0760. The molecule has 0 amide bonds. The topological polar surface area (TPSA) is 92.2 Å². The van der Waals surface area contributed by atoms with E-state index >= 15 is 0 Å². The van der Waals surface area contributed by atoms with Gasteiger partial charge in [0, 0.05) is 18.2 Å². The quantitative estimate of drug-likeness (QED) is 0.334. The summed E-state index contributed by atoms with van der Waals surface area (Å²) in [5.41, 5.74) is 1.95. The maximum atomic E-state index is 12.5. The SMILES string of the molecule is COc1ccc(Cn2c(=O)ccc3c2cnn3-c2c(Cl)cc([N+](=O)[O-])cc2Cl)cc1. The predicted octanol–water partition coefficient (Wildman–Crippen LogP) is 4.46. The lowest BCUT2D eigenvalue weighted by atomic mass is 10.2. The molecule has 8 nitrogen and oxygen atoms in total. The van der Waals surface area contributed by atoms with Crippen molar-refractivity contribution in [3.63, 3.8) is 0 Å². The van der Waals surface area contributed by atoms with Crippen LogP contribution in [-0.4, -0.2) is 26.4 Å². The minimum atomic E-state index is -0.574. The summed E-state index contributed by atoms with van der Waals surface area (Å²) in [7, 11) is 1.59. The second-order valence-electron chi connectivity index (χ2n) is 6.45. The number of hydrogen-bond acceptors (Lipinski definition) is 5. The van der Waals surface area contributed by atoms with E-state index in [1.165, 1.54) is 29.1 Å². The van der Waals surface area contributed by atoms with Crippen molar-refractivity contribution >= 4 is 39.9 Å². The number of benzene rings is 2. The summed E-state index contributed by atoms with van der Waals surface area (Å²) < 4.78 is 8.21. The van der Waals surface area contributed by atoms with Crippen molar-refractivity contribution in [3.8, 4) is 11.4 Å². The third-order valence-electron chi connectivity index (χ3n) is 4.65. The Balaban J connectivity index is 1.83. The molecule has 0 aliphatic heterocycles. The summed E-state index contributed by atoms with van der Waals surface area (Å²) >= 11 is 12.5. The van der Waals surface area contributed by atoms with Crippen molar-refractivity contribution in [2.75, 3.05) is 7.11 Å². The highest BCUT2D eigenvalue weighted by Crippen LogP contribution is 2.34. The second kappa shape index (κ2) is 7.81. The van der Waals surface area contributed by atoms with Gasteiger partial charge in [-0.25, -0.2) is 4.68 Å². The van der Waals surface area contributed by atoms with Gasteiger partial charge in [0.25, 0.3) is 11.2 Å². The van der Waals surface area contributed by atoms with Gasteiger partial charge in [0.2, 0.25) is 0 Å². The highest BCUT2D eigenvalue weighted by molar-refractivity contribution is 6.38. The van der Waals surface area contributed by atoms with E-state index in [4.69, 9.17) is 27.9 Å². The summed E-state index contributed by atoms with van der Waals surface area (Å²) in [4.78, 5) is 23.0. The van der Waals surface area contributed by atoms with Crippen LogP contribution in [0.5, 0.6) is 5.75 Å². The number of nitro benzene ring substituents is 1. The van der Waals surface area contributed by atoms with Gasteiger partial charge in [0.05, 0.1) is 45.9 Å². The molecule has 0 radical (unpaired) electrons. The van der Waals surface area contributed by atoms with Crippen LogP contribution in [0, 0.1) is 10.1 Å². The average Bonchev–Trinajstić information content (AvgIpc) is 3.14. The molecule has 0 atom stereocenters. The second-order valence-corrected chi connectivity index (χ2v) is 7.26. The first-order valence-electron chi connectivity index (χ1n) is 8.73. The zero-order chi connectivity index (χ0) is 21.4. The van der Waals surface area contributed by atoms with Gasteiger partial charge < -0.3 is 9.30 Å². The first-order valence-corrected chi connectivity index (χ1v) is 9.49. The van der Waals surface area contributed by atoms with E-state index in [0.29, 0.717) is 23.3 Å². The molecule has 0 saturated heterocycles. The van der Waals surface area contributed by atoms with E-state index in [9.17, 15) is 14.9 Å². The number of methoxy groups -OCH3 is 1. The molecule has 4 aromatic rings. The van der Waals surface area contributed by atoms with Gasteiger partial charge in [0.1, 0.15) is 11.4 Å². The van der Waals surface area contributed by atoms with Gasteiger partial charge >= 0.3 is 0 Å².